The highest BCUT2D eigenvalue weighted by atomic mass is 16.1. The zero-order valence-corrected chi connectivity index (χ0v) is 10.8. The zero-order valence-electron chi connectivity index (χ0n) is 10.8. The van der Waals surface area contributed by atoms with Gasteiger partial charge >= 0.3 is 0 Å². The molecule has 0 saturated carbocycles. The summed E-state index contributed by atoms with van der Waals surface area (Å²) in [6.45, 7) is 2.13. The molecule has 0 aliphatic carbocycles. The second-order valence-electron chi connectivity index (χ2n) is 4.94. The first-order valence-electron chi connectivity index (χ1n) is 6.54. The number of carbonyl (C=O) groups is 1. The third-order valence-electron chi connectivity index (χ3n) is 3.65. The maximum atomic E-state index is 11.8. The second kappa shape index (κ2) is 5.35. The van der Waals surface area contributed by atoms with Crippen molar-refractivity contribution < 1.29 is 4.79 Å². The van der Waals surface area contributed by atoms with Gasteiger partial charge in [0.15, 0.2) is 0 Å². The van der Waals surface area contributed by atoms with Crippen molar-refractivity contribution in [1.82, 2.24) is 0 Å². The molecule has 1 aliphatic heterocycles. The van der Waals surface area contributed by atoms with Crippen molar-refractivity contribution >= 4 is 11.5 Å². The predicted octanol–water partition coefficient (Wildman–Crippen LogP) is 3.20. The number of hydrogen-bond acceptors (Lipinski definition) is 2. The van der Waals surface area contributed by atoms with Gasteiger partial charge in [-0.05, 0) is 24.5 Å². The molecule has 2 rings (SSSR count). The predicted molar refractivity (Wildman–Crippen MR) is 71.5 cm³/mol. The smallest absolute Gasteiger partial charge is 0.134 e. The fourth-order valence-electron chi connectivity index (χ4n) is 2.56. The molecule has 1 heterocycles. The maximum Gasteiger partial charge on any atom is 0.134 e. The quantitative estimate of drug-likeness (QED) is 0.775. The van der Waals surface area contributed by atoms with E-state index in [0.717, 1.165) is 25.7 Å². The summed E-state index contributed by atoms with van der Waals surface area (Å²) >= 11 is 0. The molecule has 2 heteroatoms. The number of carbonyl (C=O) groups excluding carboxylic acids is 1. The van der Waals surface area contributed by atoms with E-state index in [4.69, 9.17) is 0 Å². The summed E-state index contributed by atoms with van der Waals surface area (Å²) in [4.78, 5) is 14.1. The lowest BCUT2D eigenvalue weighted by atomic mass is 10.0. The van der Waals surface area contributed by atoms with E-state index in [1.165, 1.54) is 11.3 Å². The molecular formula is C15H21NO. The number of benzene rings is 1. The summed E-state index contributed by atoms with van der Waals surface area (Å²) in [6.07, 6.45) is 4.60. The minimum absolute atomic E-state index is 0.372. The Kier molecular flexibility index (Phi) is 3.82. The molecule has 0 radical (unpaired) electrons. The van der Waals surface area contributed by atoms with Crippen molar-refractivity contribution in [2.75, 3.05) is 11.9 Å². The first-order valence-corrected chi connectivity index (χ1v) is 6.54. The van der Waals surface area contributed by atoms with E-state index in [9.17, 15) is 4.79 Å². The molecule has 0 fully saturated rings. The molecule has 1 aromatic carbocycles. The molecule has 0 aromatic heterocycles. The number of unbranched alkanes of at least 4 members (excludes halogenated alkanes) is 1. The molecule has 1 unspecified atom stereocenters. The van der Waals surface area contributed by atoms with Gasteiger partial charge in [0.05, 0.1) is 0 Å². The van der Waals surface area contributed by atoms with Gasteiger partial charge in [-0.25, -0.2) is 0 Å². The third-order valence-corrected chi connectivity index (χ3v) is 3.65. The summed E-state index contributed by atoms with van der Waals surface area (Å²) in [7, 11) is 2.10. The van der Waals surface area contributed by atoms with Crippen LogP contribution in [0.1, 0.15) is 38.2 Å². The van der Waals surface area contributed by atoms with Gasteiger partial charge in [0.2, 0.25) is 0 Å². The summed E-state index contributed by atoms with van der Waals surface area (Å²) in [6, 6.07) is 8.83. The van der Waals surface area contributed by atoms with E-state index in [1.807, 2.05) is 0 Å². The third kappa shape index (κ3) is 2.68. The largest absolute Gasteiger partial charge is 0.371 e. The first kappa shape index (κ1) is 12.2. The summed E-state index contributed by atoms with van der Waals surface area (Å²) < 4.78 is 0. The van der Waals surface area contributed by atoms with E-state index in [-0.39, 0.29) is 0 Å². The molecule has 92 valence electrons. The Morgan fingerprint density at radius 2 is 2.18 bits per heavy atom. The number of para-hydroxylation sites is 1. The van der Waals surface area contributed by atoms with E-state index >= 15 is 0 Å². The van der Waals surface area contributed by atoms with E-state index in [1.54, 1.807) is 0 Å². The highest BCUT2D eigenvalue weighted by Gasteiger charge is 2.27. The monoisotopic (exact) mass is 231 g/mol. The topological polar surface area (TPSA) is 20.3 Å². The maximum absolute atomic E-state index is 11.8. The standard InChI is InChI=1S/C15H21NO/c1-3-4-8-14(17)11-13-10-12-7-5-6-9-15(12)16(13)2/h5-7,9,13H,3-4,8,10-11H2,1-2H3. The van der Waals surface area contributed by atoms with Crippen molar-refractivity contribution in [2.45, 2.75) is 45.1 Å². The van der Waals surface area contributed by atoms with Crippen molar-refractivity contribution in [2.24, 2.45) is 0 Å². The van der Waals surface area contributed by atoms with Crippen LogP contribution in [0.2, 0.25) is 0 Å². The molecule has 0 bridgehead atoms. The lowest BCUT2D eigenvalue weighted by molar-refractivity contribution is -0.119. The number of ketones is 1. The number of anilines is 1. The second-order valence-corrected chi connectivity index (χ2v) is 4.94. The van der Waals surface area contributed by atoms with Crippen molar-refractivity contribution in [3.63, 3.8) is 0 Å². The number of nitrogens with zero attached hydrogens (tertiary/aromatic N) is 1. The molecule has 0 saturated heterocycles. The Balaban J connectivity index is 1.96. The SMILES string of the molecule is CCCCC(=O)CC1Cc2ccccc2N1C. The van der Waals surface area contributed by atoms with Crippen LogP contribution in [0.4, 0.5) is 5.69 Å². The van der Waals surface area contributed by atoms with Gasteiger partial charge in [0.1, 0.15) is 5.78 Å². The number of rotatable bonds is 5. The molecular weight excluding hydrogens is 210 g/mol. The van der Waals surface area contributed by atoms with Gasteiger partial charge in [-0.1, -0.05) is 31.5 Å². The van der Waals surface area contributed by atoms with Gasteiger partial charge in [-0.3, -0.25) is 4.79 Å². The van der Waals surface area contributed by atoms with Crippen LogP contribution >= 0.6 is 0 Å². The van der Waals surface area contributed by atoms with Crippen LogP contribution in [-0.2, 0) is 11.2 Å². The Hall–Kier alpha value is -1.31. The average Bonchev–Trinajstić information content (AvgIpc) is 2.64. The van der Waals surface area contributed by atoms with Crippen LogP contribution in [0.15, 0.2) is 24.3 Å². The molecule has 0 N–H and O–H groups in total. The number of likely N-dealkylation sites (N-methyl/N-ethyl adjacent to an activating group) is 1. The molecule has 1 atom stereocenters. The van der Waals surface area contributed by atoms with Gasteiger partial charge in [0, 0.05) is 31.6 Å². The lowest BCUT2D eigenvalue weighted by Gasteiger charge is -2.21. The Morgan fingerprint density at radius 1 is 1.41 bits per heavy atom. The number of fused-ring (bicyclic) bond motifs is 1. The van der Waals surface area contributed by atoms with Crippen molar-refractivity contribution in [1.29, 1.82) is 0 Å². The molecule has 2 nitrogen and oxygen atoms in total. The minimum Gasteiger partial charge on any atom is -0.371 e. The van der Waals surface area contributed by atoms with Gasteiger partial charge in [-0.15, -0.1) is 0 Å². The van der Waals surface area contributed by atoms with Crippen LogP contribution < -0.4 is 4.90 Å². The highest BCUT2D eigenvalue weighted by Crippen LogP contribution is 2.31. The first-order chi connectivity index (χ1) is 8.22. The van der Waals surface area contributed by atoms with Crippen LogP contribution in [0.25, 0.3) is 0 Å². The van der Waals surface area contributed by atoms with E-state index in [2.05, 4.69) is 43.1 Å². The van der Waals surface area contributed by atoms with E-state index < -0.39 is 0 Å². The van der Waals surface area contributed by atoms with Crippen LogP contribution in [-0.4, -0.2) is 18.9 Å². The normalized spacial score (nSPS) is 18.2. The number of hydrogen-bond donors (Lipinski definition) is 0. The van der Waals surface area contributed by atoms with Crippen LogP contribution in [0.3, 0.4) is 0 Å². The van der Waals surface area contributed by atoms with E-state index in [0.29, 0.717) is 18.2 Å². The number of Topliss-reactive ketones (excluding diaryl/α,β-unsaturated/α-hetero) is 1. The molecule has 1 aliphatic rings. The van der Waals surface area contributed by atoms with Crippen LogP contribution in [0, 0.1) is 0 Å². The summed E-state index contributed by atoms with van der Waals surface area (Å²) in [5.74, 6) is 0.413. The summed E-state index contributed by atoms with van der Waals surface area (Å²) in [5.41, 5.74) is 2.67. The molecule has 0 amide bonds. The Morgan fingerprint density at radius 3 is 2.88 bits per heavy atom. The van der Waals surface area contributed by atoms with Crippen LogP contribution in [0.5, 0.6) is 0 Å². The zero-order chi connectivity index (χ0) is 12.3. The fraction of sp³-hybridized carbons (Fsp3) is 0.533. The average molecular weight is 231 g/mol. The lowest BCUT2D eigenvalue weighted by Crippen LogP contribution is -2.30. The van der Waals surface area contributed by atoms with Gasteiger partial charge in [-0.2, -0.15) is 0 Å². The van der Waals surface area contributed by atoms with Gasteiger partial charge in [0.25, 0.3) is 0 Å². The van der Waals surface area contributed by atoms with Gasteiger partial charge < -0.3 is 4.90 Å². The fourth-order valence-corrected chi connectivity index (χ4v) is 2.56. The van der Waals surface area contributed by atoms with Crippen molar-refractivity contribution in [3.8, 4) is 0 Å². The molecule has 0 spiro atoms. The highest BCUT2D eigenvalue weighted by molar-refractivity contribution is 5.80. The van der Waals surface area contributed by atoms with Crippen molar-refractivity contribution in [3.05, 3.63) is 29.8 Å². The summed E-state index contributed by atoms with van der Waals surface area (Å²) in [5, 5.41) is 0. The molecule has 1 aromatic rings. The molecule has 17 heavy (non-hydrogen) atoms. The Labute approximate surface area is 104 Å². The Bertz CT molecular complexity index is 400. The minimum atomic E-state index is 0.372.